The van der Waals surface area contributed by atoms with E-state index in [0.717, 1.165) is 38.8 Å². The Morgan fingerprint density at radius 3 is 2.83 bits per heavy atom. The Morgan fingerprint density at radius 2 is 1.97 bits per heavy atom. The summed E-state index contributed by atoms with van der Waals surface area (Å²) >= 11 is 0. The summed E-state index contributed by atoms with van der Waals surface area (Å²) in [7, 11) is -2.45. The smallest absolute Gasteiger partial charge is 0.274 e. The molecule has 11 heteroatoms. The second-order valence-corrected chi connectivity index (χ2v) is 11.3. The Kier molecular flexibility index (Phi) is 5.69. The number of carbonyl (C=O) groups excluding carboxylic acids is 1. The average molecular weight is 504 g/mol. The fourth-order valence-corrected chi connectivity index (χ4v) is 5.86. The summed E-state index contributed by atoms with van der Waals surface area (Å²) in [6.07, 6.45) is 5.30. The van der Waals surface area contributed by atoms with Crippen LogP contribution in [0.4, 0.5) is 5.69 Å². The van der Waals surface area contributed by atoms with Gasteiger partial charge in [-0.25, -0.2) is 9.97 Å². The standard InChI is InChI=1S/C25H25N7O3S/c33-25(21-3-1-2-17(29-21)15-32-8-10-36(34,35)11-9-32)30-22-12-16(13-23-20(22)14-28-31-23)18-4-6-26-24-19(18)5-7-27-24/h1-7,12-14,34-35H,8-11,15H2,(H,26,27)(H,28,31)(H,30,33). The molecule has 4 aromatic heterocycles. The van der Waals surface area contributed by atoms with E-state index in [4.69, 9.17) is 0 Å². The number of benzene rings is 1. The lowest BCUT2D eigenvalue weighted by Crippen LogP contribution is -2.38. The number of H-pyrrole nitrogens is 2. The third-order valence-corrected chi connectivity index (χ3v) is 8.14. The monoisotopic (exact) mass is 503 g/mol. The van der Waals surface area contributed by atoms with Crippen molar-refractivity contribution in [2.24, 2.45) is 0 Å². The molecule has 0 atom stereocenters. The Bertz CT molecular complexity index is 1570. The number of carbonyl (C=O) groups is 1. The fourth-order valence-electron chi connectivity index (χ4n) is 4.55. The van der Waals surface area contributed by atoms with Crippen LogP contribution < -0.4 is 5.32 Å². The topological polar surface area (TPSA) is 143 Å². The Balaban J connectivity index is 1.27. The summed E-state index contributed by atoms with van der Waals surface area (Å²) in [5, 5.41) is 12.0. The first-order chi connectivity index (χ1) is 17.4. The molecule has 1 aliphatic rings. The quantitative estimate of drug-likeness (QED) is 0.240. The minimum absolute atomic E-state index is 0.313. The number of nitrogens with one attached hydrogen (secondary N) is 3. The molecular weight excluding hydrogens is 478 g/mol. The highest BCUT2D eigenvalue weighted by atomic mass is 32.3. The molecule has 0 bridgehead atoms. The summed E-state index contributed by atoms with van der Waals surface area (Å²) in [5.74, 6) is 0.430. The number of anilines is 1. The number of hydrogen-bond acceptors (Lipinski definition) is 7. The molecule has 0 unspecified atom stereocenters. The van der Waals surface area contributed by atoms with Crippen LogP contribution in [0.5, 0.6) is 0 Å². The van der Waals surface area contributed by atoms with E-state index in [1.165, 1.54) is 0 Å². The van der Waals surface area contributed by atoms with Gasteiger partial charge in [0.05, 0.1) is 34.6 Å². The van der Waals surface area contributed by atoms with E-state index in [1.807, 2.05) is 42.6 Å². The molecule has 0 aliphatic carbocycles. The van der Waals surface area contributed by atoms with E-state index >= 15 is 0 Å². The van der Waals surface area contributed by atoms with Gasteiger partial charge in [0, 0.05) is 42.8 Å². The lowest BCUT2D eigenvalue weighted by Gasteiger charge is -2.40. The number of hydrogen-bond donors (Lipinski definition) is 5. The van der Waals surface area contributed by atoms with Crippen LogP contribution in [0.1, 0.15) is 16.2 Å². The molecule has 6 rings (SSSR count). The molecule has 1 saturated heterocycles. The maximum absolute atomic E-state index is 13.2. The van der Waals surface area contributed by atoms with Gasteiger partial charge in [-0.05, 0) is 47.5 Å². The molecule has 0 saturated carbocycles. The molecule has 1 fully saturated rings. The van der Waals surface area contributed by atoms with Gasteiger partial charge in [0.1, 0.15) is 11.3 Å². The van der Waals surface area contributed by atoms with Crippen molar-refractivity contribution >= 4 is 44.1 Å². The van der Waals surface area contributed by atoms with Gasteiger partial charge in [-0.2, -0.15) is 15.7 Å². The minimum Gasteiger partial charge on any atom is -0.346 e. The second-order valence-electron chi connectivity index (χ2n) is 8.91. The number of pyridine rings is 2. The Morgan fingerprint density at radius 1 is 1.11 bits per heavy atom. The highest BCUT2D eigenvalue weighted by Crippen LogP contribution is 2.40. The van der Waals surface area contributed by atoms with Gasteiger partial charge in [0.15, 0.2) is 0 Å². The normalized spacial score (nSPS) is 16.8. The first-order valence-electron chi connectivity index (χ1n) is 11.6. The molecule has 184 valence electrons. The largest absolute Gasteiger partial charge is 0.346 e. The van der Waals surface area contributed by atoms with Crippen molar-refractivity contribution in [2.75, 3.05) is 29.9 Å². The van der Waals surface area contributed by atoms with Crippen molar-refractivity contribution in [2.45, 2.75) is 6.54 Å². The summed E-state index contributed by atoms with van der Waals surface area (Å²) in [6, 6.07) is 13.3. The molecule has 10 nitrogen and oxygen atoms in total. The highest BCUT2D eigenvalue weighted by Gasteiger charge is 2.22. The number of rotatable bonds is 5. The van der Waals surface area contributed by atoms with Crippen LogP contribution >= 0.6 is 10.6 Å². The maximum atomic E-state index is 13.2. The molecular formula is C25H25N7O3S. The van der Waals surface area contributed by atoms with Gasteiger partial charge in [-0.1, -0.05) is 6.07 Å². The van der Waals surface area contributed by atoms with E-state index in [9.17, 15) is 13.9 Å². The number of aromatic amines is 2. The molecule has 1 aliphatic heterocycles. The third-order valence-electron chi connectivity index (χ3n) is 6.47. The molecule has 0 spiro atoms. The van der Waals surface area contributed by atoms with Gasteiger partial charge in [-0.15, -0.1) is 0 Å². The van der Waals surface area contributed by atoms with Crippen molar-refractivity contribution < 1.29 is 13.9 Å². The number of nitrogens with zero attached hydrogens (tertiary/aromatic N) is 4. The SMILES string of the molecule is O=C(Nc1cc(-c2ccnc3[nH]ccc23)cc2[nH]ncc12)c1cccc(CN2CCS(O)(O)CC2)n1. The molecule has 5 aromatic rings. The fraction of sp³-hybridized carbons (Fsp3) is 0.200. The molecule has 5 N–H and O–H groups in total. The first-order valence-corrected chi connectivity index (χ1v) is 13.5. The zero-order valence-corrected chi connectivity index (χ0v) is 20.1. The van der Waals surface area contributed by atoms with E-state index in [2.05, 4.69) is 35.4 Å². The molecule has 5 heterocycles. The van der Waals surface area contributed by atoms with Crippen LogP contribution in [0, 0.1) is 0 Å². The van der Waals surface area contributed by atoms with Crippen molar-refractivity contribution in [3.63, 3.8) is 0 Å². The number of aromatic nitrogens is 5. The van der Waals surface area contributed by atoms with E-state index < -0.39 is 10.6 Å². The number of amides is 1. The highest BCUT2D eigenvalue weighted by molar-refractivity contribution is 8.24. The summed E-state index contributed by atoms with van der Waals surface area (Å²) in [6.45, 7) is 1.73. The van der Waals surface area contributed by atoms with Crippen molar-refractivity contribution in [3.8, 4) is 11.1 Å². The van der Waals surface area contributed by atoms with Gasteiger partial charge < -0.3 is 10.3 Å². The Hall–Kier alpha value is -3.77. The lowest BCUT2D eigenvalue weighted by atomic mass is 10.0. The van der Waals surface area contributed by atoms with Gasteiger partial charge >= 0.3 is 0 Å². The van der Waals surface area contributed by atoms with E-state index in [1.54, 1.807) is 18.5 Å². The molecule has 0 radical (unpaired) electrons. The first kappa shape index (κ1) is 22.7. The Labute approximate surface area is 208 Å². The van der Waals surface area contributed by atoms with Crippen LogP contribution in [-0.2, 0) is 6.54 Å². The molecule has 1 aromatic carbocycles. The molecule has 1 amide bonds. The molecule has 36 heavy (non-hydrogen) atoms. The van der Waals surface area contributed by atoms with E-state index in [-0.39, 0.29) is 5.91 Å². The van der Waals surface area contributed by atoms with Crippen LogP contribution in [0.25, 0.3) is 33.1 Å². The predicted octanol–water partition coefficient (Wildman–Crippen LogP) is 4.32. The summed E-state index contributed by atoms with van der Waals surface area (Å²) in [4.78, 5) is 27.4. The zero-order valence-electron chi connectivity index (χ0n) is 19.3. The summed E-state index contributed by atoms with van der Waals surface area (Å²) in [5.41, 5.74) is 5.22. The van der Waals surface area contributed by atoms with Gasteiger partial charge in [-0.3, -0.25) is 23.9 Å². The van der Waals surface area contributed by atoms with Crippen LogP contribution in [0.3, 0.4) is 0 Å². The van der Waals surface area contributed by atoms with E-state index in [0.29, 0.717) is 42.5 Å². The van der Waals surface area contributed by atoms with Crippen LogP contribution in [-0.4, -0.2) is 69.7 Å². The predicted molar refractivity (Wildman–Crippen MR) is 141 cm³/mol. The van der Waals surface area contributed by atoms with Crippen LogP contribution in [0.15, 0.2) is 61.1 Å². The lowest BCUT2D eigenvalue weighted by molar-refractivity contribution is 0.102. The third kappa shape index (κ3) is 4.44. The van der Waals surface area contributed by atoms with Crippen LogP contribution in [0.2, 0.25) is 0 Å². The van der Waals surface area contributed by atoms with Gasteiger partial charge in [0.25, 0.3) is 5.91 Å². The second kappa shape index (κ2) is 9.03. The van der Waals surface area contributed by atoms with Gasteiger partial charge in [0.2, 0.25) is 0 Å². The zero-order chi connectivity index (χ0) is 24.7. The minimum atomic E-state index is -2.45. The number of fused-ring (bicyclic) bond motifs is 2. The van der Waals surface area contributed by atoms with Crippen molar-refractivity contribution in [1.82, 2.24) is 30.0 Å². The van der Waals surface area contributed by atoms with Crippen molar-refractivity contribution in [1.29, 1.82) is 0 Å². The maximum Gasteiger partial charge on any atom is 0.274 e. The van der Waals surface area contributed by atoms with Crippen molar-refractivity contribution in [3.05, 3.63) is 72.4 Å². The average Bonchev–Trinajstić information content (AvgIpc) is 3.55. The summed E-state index contributed by atoms with van der Waals surface area (Å²) < 4.78 is 19.7.